The maximum atomic E-state index is 16.0. The number of hydrogen-bond acceptors (Lipinski definition) is 8. The molecule has 1 atom stereocenters. The van der Waals surface area contributed by atoms with E-state index in [9.17, 15) is 14.7 Å². The van der Waals surface area contributed by atoms with Gasteiger partial charge in [0.1, 0.15) is 22.6 Å². The van der Waals surface area contributed by atoms with Gasteiger partial charge in [-0.3, -0.25) is 10.4 Å². The fraction of sp³-hybridized carbons (Fsp3) is 0.200. The normalized spacial score (nSPS) is 13.3. The van der Waals surface area contributed by atoms with Crippen molar-refractivity contribution in [2.45, 2.75) is 18.9 Å². The van der Waals surface area contributed by atoms with Gasteiger partial charge in [0.2, 0.25) is 0 Å². The van der Waals surface area contributed by atoms with Gasteiger partial charge in [0.05, 0.1) is 19.4 Å². The highest BCUT2D eigenvalue weighted by atomic mass is 32.1. The van der Waals surface area contributed by atoms with Gasteiger partial charge >= 0.3 is 11.7 Å². The van der Waals surface area contributed by atoms with E-state index in [1.54, 1.807) is 29.6 Å². The van der Waals surface area contributed by atoms with E-state index in [0.717, 1.165) is 16.0 Å². The molecule has 0 fully saturated rings. The zero-order chi connectivity index (χ0) is 27.0. The number of ether oxygens (including phenoxy) is 2. The third kappa shape index (κ3) is 4.47. The van der Waals surface area contributed by atoms with Crippen molar-refractivity contribution >= 4 is 28.8 Å². The number of anilines is 1. The molecule has 0 saturated carbocycles. The Morgan fingerprint density at radius 3 is 2.82 bits per heavy atom. The number of benzene rings is 2. The van der Waals surface area contributed by atoms with E-state index in [1.807, 2.05) is 0 Å². The zero-order valence-corrected chi connectivity index (χ0v) is 20.9. The average Bonchev–Trinajstić information content (AvgIpc) is 3.55. The van der Waals surface area contributed by atoms with Crippen molar-refractivity contribution in [2.24, 2.45) is 5.73 Å². The van der Waals surface area contributed by atoms with E-state index >= 15 is 4.39 Å². The van der Waals surface area contributed by atoms with Crippen molar-refractivity contribution in [3.05, 3.63) is 85.5 Å². The Kier molecular flexibility index (Phi) is 6.59. The minimum atomic E-state index is -1.20. The molecule has 3 heterocycles. The molecule has 1 aliphatic heterocycles. The number of aromatic carboxylic acids is 1. The van der Waals surface area contributed by atoms with Gasteiger partial charge in [0.25, 0.3) is 0 Å². The Bertz CT molecular complexity index is 1590. The summed E-state index contributed by atoms with van der Waals surface area (Å²) in [6.45, 7) is 0.441. The highest BCUT2D eigenvalue weighted by Crippen LogP contribution is 2.41. The molecule has 13 heteroatoms. The summed E-state index contributed by atoms with van der Waals surface area (Å²) < 4.78 is 28.1. The number of carboxylic acids is 1. The third-order valence-corrected chi connectivity index (χ3v) is 7.03. The number of nitrogen functional groups attached to an aromatic ring is 1. The van der Waals surface area contributed by atoms with Crippen LogP contribution in [0.25, 0.3) is 5.69 Å². The number of fused-ring (bicyclic) bond motifs is 1. The number of halogens is 1. The zero-order valence-electron chi connectivity index (χ0n) is 20.1. The Morgan fingerprint density at radius 2 is 2.13 bits per heavy atom. The first-order valence-corrected chi connectivity index (χ1v) is 12.4. The number of aromatic nitrogens is 3. The summed E-state index contributed by atoms with van der Waals surface area (Å²) in [6, 6.07) is 8.54. The first-order valence-electron chi connectivity index (χ1n) is 11.5. The lowest BCUT2D eigenvalue weighted by Crippen LogP contribution is -2.20. The van der Waals surface area contributed by atoms with Crippen molar-refractivity contribution in [2.75, 3.05) is 19.0 Å². The summed E-state index contributed by atoms with van der Waals surface area (Å²) in [4.78, 5) is 27.1. The number of H-pyrrole nitrogens is 1. The standard InChI is InChI=1S/C25H23FN6O5S/c1-36-17-11-15(18(26)14-3-2-9-37-20(14)17)19(29-13-6-4-12(5-7-13)22(27)28)23-30-25(35)32(31-23)16-8-10-38-21(16)24(33)34/h4-8,10-11,19,29H,2-3,9H2,1H3,(H3,27,28)(H,33,34)(H,30,31,35)/t19-/m0/s1. The summed E-state index contributed by atoms with van der Waals surface area (Å²) in [6.07, 6.45) is 1.07. The monoisotopic (exact) mass is 538 g/mol. The van der Waals surface area contributed by atoms with Crippen LogP contribution in [0.15, 0.2) is 46.6 Å². The van der Waals surface area contributed by atoms with E-state index in [1.165, 1.54) is 19.2 Å². The molecule has 0 bridgehead atoms. The van der Waals surface area contributed by atoms with E-state index in [4.69, 9.17) is 20.6 Å². The number of nitrogens with one attached hydrogen (secondary N) is 3. The predicted molar refractivity (Wildman–Crippen MR) is 139 cm³/mol. The number of rotatable bonds is 8. The molecule has 2 aromatic carbocycles. The summed E-state index contributed by atoms with van der Waals surface area (Å²) >= 11 is 0.958. The van der Waals surface area contributed by atoms with Crippen molar-refractivity contribution in [3.8, 4) is 17.2 Å². The molecule has 0 amide bonds. The molecular weight excluding hydrogens is 515 g/mol. The van der Waals surface area contributed by atoms with Crippen LogP contribution in [-0.4, -0.2) is 45.4 Å². The topological polar surface area (TPSA) is 168 Å². The van der Waals surface area contributed by atoms with Gasteiger partial charge in [0, 0.05) is 22.4 Å². The van der Waals surface area contributed by atoms with Crippen LogP contribution >= 0.6 is 11.3 Å². The minimum Gasteiger partial charge on any atom is -0.493 e. The van der Waals surface area contributed by atoms with Crippen molar-refractivity contribution in [1.82, 2.24) is 14.8 Å². The quantitative estimate of drug-likeness (QED) is 0.168. The molecule has 5 rings (SSSR count). The molecule has 0 unspecified atom stereocenters. The van der Waals surface area contributed by atoms with Crippen LogP contribution in [-0.2, 0) is 6.42 Å². The van der Waals surface area contributed by atoms with E-state index in [0.29, 0.717) is 47.8 Å². The van der Waals surface area contributed by atoms with Crippen molar-refractivity contribution in [1.29, 1.82) is 5.41 Å². The van der Waals surface area contributed by atoms with Crippen molar-refractivity contribution < 1.29 is 23.8 Å². The number of hydrogen-bond donors (Lipinski definition) is 5. The van der Waals surface area contributed by atoms with E-state index < -0.39 is 23.5 Å². The molecule has 0 radical (unpaired) electrons. The van der Waals surface area contributed by atoms with Gasteiger partial charge in [-0.05, 0) is 54.6 Å². The van der Waals surface area contributed by atoms with Crippen LogP contribution in [0.1, 0.15) is 44.6 Å². The number of nitrogens with two attached hydrogens (primary N) is 1. The largest absolute Gasteiger partial charge is 0.493 e. The van der Waals surface area contributed by atoms with Gasteiger partial charge in [-0.25, -0.2) is 14.0 Å². The van der Waals surface area contributed by atoms with Crippen molar-refractivity contribution in [3.63, 3.8) is 0 Å². The number of carbonyl (C=O) groups is 1. The number of methoxy groups -OCH3 is 1. The second-order valence-electron chi connectivity index (χ2n) is 8.48. The lowest BCUT2D eigenvalue weighted by molar-refractivity contribution is 0.0702. The molecule has 0 spiro atoms. The molecule has 11 nitrogen and oxygen atoms in total. The number of thiophene rings is 1. The number of amidine groups is 1. The van der Waals surface area contributed by atoms with Crippen LogP contribution < -0.4 is 26.2 Å². The smallest absolute Gasteiger partial charge is 0.348 e. The van der Waals surface area contributed by atoms with E-state index in [-0.39, 0.29) is 27.8 Å². The van der Waals surface area contributed by atoms with Gasteiger partial charge in [0.15, 0.2) is 17.3 Å². The highest BCUT2D eigenvalue weighted by Gasteiger charge is 2.30. The van der Waals surface area contributed by atoms with E-state index in [2.05, 4.69) is 15.4 Å². The lowest BCUT2D eigenvalue weighted by Gasteiger charge is -2.25. The Balaban J connectivity index is 1.66. The molecule has 1 aliphatic rings. The Labute approximate surface area is 219 Å². The second-order valence-corrected chi connectivity index (χ2v) is 9.39. The summed E-state index contributed by atoms with van der Waals surface area (Å²) in [5, 5.41) is 26.2. The van der Waals surface area contributed by atoms with Gasteiger partial charge in [-0.1, -0.05) is 0 Å². The molecule has 2 aromatic heterocycles. The number of carboxylic acid groups (broad SMARTS) is 1. The third-order valence-electron chi connectivity index (χ3n) is 6.13. The number of nitrogens with zero attached hydrogens (tertiary/aromatic N) is 2. The lowest BCUT2D eigenvalue weighted by atomic mass is 9.96. The molecule has 0 aliphatic carbocycles. The Hall–Kier alpha value is -4.65. The predicted octanol–water partition coefficient (Wildman–Crippen LogP) is 3.28. The molecule has 38 heavy (non-hydrogen) atoms. The maximum Gasteiger partial charge on any atom is 0.348 e. The van der Waals surface area contributed by atoms with Crippen LogP contribution in [0, 0.1) is 11.2 Å². The van der Waals surface area contributed by atoms with Crippen LogP contribution in [0.4, 0.5) is 10.1 Å². The summed E-state index contributed by atoms with van der Waals surface area (Å²) in [5.41, 5.74) is 6.50. The molecule has 196 valence electrons. The first kappa shape index (κ1) is 25.0. The Morgan fingerprint density at radius 1 is 1.37 bits per heavy atom. The molecule has 0 saturated heterocycles. The SMILES string of the molecule is COc1cc([C@H](Nc2ccc(C(=N)N)cc2)c2nn(-c3ccsc3C(=O)O)c(=O)[nH]2)c(F)c2c1OCCC2. The highest BCUT2D eigenvalue weighted by molar-refractivity contribution is 7.12. The van der Waals surface area contributed by atoms with Gasteiger partial charge < -0.3 is 25.6 Å². The van der Waals surface area contributed by atoms with Gasteiger partial charge in [-0.2, -0.15) is 4.68 Å². The first-order chi connectivity index (χ1) is 18.3. The minimum absolute atomic E-state index is 0.0471. The summed E-state index contributed by atoms with van der Waals surface area (Å²) in [5.74, 6) is -1.11. The maximum absolute atomic E-state index is 16.0. The summed E-state index contributed by atoms with van der Waals surface area (Å²) in [7, 11) is 1.46. The fourth-order valence-electron chi connectivity index (χ4n) is 4.33. The van der Waals surface area contributed by atoms with Crippen LogP contribution in [0.3, 0.4) is 0 Å². The molecule has 4 aromatic rings. The molecule has 6 N–H and O–H groups in total. The molecular formula is C25H23FN6O5S. The van der Waals surface area contributed by atoms with Crippen LogP contribution in [0.2, 0.25) is 0 Å². The van der Waals surface area contributed by atoms with Crippen LogP contribution in [0.5, 0.6) is 11.5 Å². The number of aromatic amines is 1. The van der Waals surface area contributed by atoms with Gasteiger partial charge in [-0.15, -0.1) is 16.4 Å². The second kappa shape index (κ2) is 10.0. The fourth-order valence-corrected chi connectivity index (χ4v) is 5.04. The average molecular weight is 539 g/mol.